The summed E-state index contributed by atoms with van der Waals surface area (Å²) in [4.78, 5) is 13.2. The average Bonchev–Trinajstić information content (AvgIpc) is 2.46. The highest BCUT2D eigenvalue weighted by Gasteiger charge is 2.09. The normalized spacial score (nSPS) is 10.3. The second-order valence-electron chi connectivity index (χ2n) is 4.80. The first-order valence-electron chi connectivity index (χ1n) is 6.74. The molecular weight excluding hydrogens is 250 g/mol. The zero-order chi connectivity index (χ0) is 14.5. The van der Waals surface area contributed by atoms with Crippen molar-refractivity contribution in [2.45, 2.75) is 20.4 Å². The van der Waals surface area contributed by atoms with Gasteiger partial charge in [0.2, 0.25) is 0 Å². The molecule has 0 saturated heterocycles. The van der Waals surface area contributed by atoms with Crippen molar-refractivity contribution < 1.29 is 9.90 Å². The summed E-state index contributed by atoms with van der Waals surface area (Å²) in [7, 11) is 0. The minimum absolute atomic E-state index is 0.342. The molecule has 0 fully saturated rings. The van der Waals surface area contributed by atoms with E-state index in [2.05, 4.69) is 24.0 Å². The number of benzene rings is 2. The molecule has 0 unspecified atom stereocenters. The minimum atomic E-state index is -0.880. The van der Waals surface area contributed by atoms with Crippen molar-refractivity contribution in [1.82, 2.24) is 0 Å². The van der Waals surface area contributed by atoms with E-state index in [-0.39, 0.29) is 0 Å². The molecule has 3 heteroatoms. The van der Waals surface area contributed by atoms with Gasteiger partial charge in [-0.3, -0.25) is 0 Å². The van der Waals surface area contributed by atoms with Crippen molar-refractivity contribution in [2.24, 2.45) is 0 Å². The van der Waals surface area contributed by atoms with Gasteiger partial charge in [0.05, 0.1) is 5.56 Å². The molecule has 2 rings (SSSR count). The van der Waals surface area contributed by atoms with E-state index in [1.54, 1.807) is 12.1 Å². The van der Waals surface area contributed by atoms with Crippen LogP contribution in [0.2, 0.25) is 0 Å². The Morgan fingerprint density at radius 3 is 2.40 bits per heavy atom. The van der Waals surface area contributed by atoms with Crippen molar-refractivity contribution in [3.8, 4) is 0 Å². The topological polar surface area (TPSA) is 40.5 Å². The molecular formula is C17H19NO2. The minimum Gasteiger partial charge on any atom is -0.478 e. The molecule has 3 nitrogen and oxygen atoms in total. The van der Waals surface area contributed by atoms with E-state index in [1.165, 1.54) is 5.69 Å². The van der Waals surface area contributed by atoms with E-state index >= 15 is 0 Å². The molecule has 0 spiro atoms. The Labute approximate surface area is 119 Å². The average molecular weight is 269 g/mol. The molecule has 0 atom stereocenters. The molecule has 20 heavy (non-hydrogen) atoms. The Morgan fingerprint density at radius 2 is 1.85 bits per heavy atom. The Morgan fingerprint density at radius 1 is 1.15 bits per heavy atom. The second-order valence-corrected chi connectivity index (χ2v) is 4.80. The second kappa shape index (κ2) is 6.24. The third kappa shape index (κ3) is 3.18. The molecule has 0 aliphatic carbocycles. The van der Waals surface area contributed by atoms with Crippen LogP contribution < -0.4 is 4.90 Å². The number of rotatable bonds is 5. The Hall–Kier alpha value is -2.29. The lowest BCUT2D eigenvalue weighted by Crippen LogP contribution is -2.22. The number of carbonyl (C=O) groups is 1. The van der Waals surface area contributed by atoms with Gasteiger partial charge in [-0.25, -0.2) is 4.79 Å². The van der Waals surface area contributed by atoms with Crippen molar-refractivity contribution in [3.05, 3.63) is 65.2 Å². The zero-order valence-electron chi connectivity index (χ0n) is 11.8. The van der Waals surface area contributed by atoms with E-state index in [1.807, 2.05) is 31.2 Å². The van der Waals surface area contributed by atoms with Crippen LogP contribution in [0.5, 0.6) is 0 Å². The number of nitrogens with zero attached hydrogens (tertiary/aromatic N) is 1. The third-order valence-electron chi connectivity index (χ3n) is 3.45. The van der Waals surface area contributed by atoms with Crippen LogP contribution in [0, 0.1) is 6.92 Å². The highest BCUT2D eigenvalue weighted by atomic mass is 16.4. The van der Waals surface area contributed by atoms with Crippen molar-refractivity contribution >= 4 is 11.7 Å². The van der Waals surface area contributed by atoms with Gasteiger partial charge in [0.1, 0.15) is 0 Å². The summed E-state index contributed by atoms with van der Waals surface area (Å²) in [6.45, 7) is 5.77. The summed E-state index contributed by atoms with van der Waals surface area (Å²) in [6.07, 6.45) is 0. The first-order chi connectivity index (χ1) is 9.61. The largest absolute Gasteiger partial charge is 0.478 e. The monoisotopic (exact) mass is 269 g/mol. The van der Waals surface area contributed by atoms with Crippen LogP contribution in [-0.4, -0.2) is 17.6 Å². The maximum absolute atomic E-state index is 11.0. The molecule has 0 heterocycles. The molecule has 0 aromatic heterocycles. The summed E-state index contributed by atoms with van der Waals surface area (Å²) in [6, 6.07) is 15.5. The smallest absolute Gasteiger partial charge is 0.335 e. The lowest BCUT2D eigenvalue weighted by Gasteiger charge is -2.24. The Bertz CT molecular complexity index is 593. The van der Waals surface area contributed by atoms with E-state index in [0.29, 0.717) is 5.56 Å². The summed E-state index contributed by atoms with van der Waals surface area (Å²) < 4.78 is 0. The number of hydrogen-bond donors (Lipinski definition) is 1. The van der Waals surface area contributed by atoms with E-state index in [4.69, 9.17) is 5.11 Å². The molecule has 0 saturated carbocycles. The number of carboxylic acid groups (broad SMARTS) is 1. The van der Waals surface area contributed by atoms with Gasteiger partial charge in [0, 0.05) is 18.8 Å². The summed E-state index contributed by atoms with van der Waals surface area (Å²) in [5.41, 5.74) is 3.69. The molecule has 0 bridgehead atoms. The first kappa shape index (κ1) is 14.1. The van der Waals surface area contributed by atoms with Crippen molar-refractivity contribution in [1.29, 1.82) is 0 Å². The summed E-state index contributed by atoms with van der Waals surface area (Å²) in [5.74, 6) is -0.880. The fraction of sp³-hybridized carbons (Fsp3) is 0.235. The van der Waals surface area contributed by atoms with Crippen LogP contribution in [-0.2, 0) is 6.54 Å². The van der Waals surface area contributed by atoms with Crippen LogP contribution in [0.3, 0.4) is 0 Å². The maximum atomic E-state index is 11.0. The molecule has 0 aliphatic heterocycles. The Kier molecular flexibility index (Phi) is 4.41. The van der Waals surface area contributed by atoms with Gasteiger partial charge in [-0.1, -0.05) is 24.3 Å². The van der Waals surface area contributed by atoms with Gasteiger partial charge in [-0.05, 0) is 49.2 Å². The molecule has 0 radical (unpaired) electrons. The number of aromatic carboxylic acids is 1. The van der Waals surface area contributed by atoms with Crippen molar-refractivity contribution in [3.63, 3.8) is 0 Å². The van der Waals surface area contributed by atoms with Gasteiger partial charge in [-0.15, -0.1) is 0 Å². The SMILES string of the molecule is CCN(Cc1ccc(C(=O)O)cc1C)c1ccccc1. The van der Waals surface area contributed by atoms with E-state index in [9.17, 15) is 4.79 Å². The van der Waals surface area contributed by atoms with E-state index < -0.39 is 5.97 Å². The van der Waals surface area contributed by atoms with Gasteiger partial charge < -0.3 is 10.0 Å². The summed E-state index contributed by atoms with van der Waals surface area (Å²) in [5, 5.41) is 9.00. The highest BCUT2D eigenvalue weighted by Crippen LogP contribution is 2.19. The Balaban J connectivity index is 2.22. The predicted octanol–water partition coefficient (Wildman–Crippen LogP) is 3.72. The maximum Gasteiger partial charge on any atom is 0.335 e. The molecule has 0 aliphatic rings. The number of hydrogen-bond acceptors (Lipinski definition) is 2. The number of para-hydroxylation sites is 1. The van der Waals surface area contributed by atoms with Gasteiger partial charge in [0.25, 0.3) is 0 Å². The lowest BCUT2D eigenvalue weighted by atomic mass is 10.0. The number of aryl methyl sites for hydroxylation is 1. The zero-order valence-corrected chi connectivity index (χ0v) is 11.8. The van der Waals surface area contributed by atoms with Gasteiger partial charge in [0.15, 0.2) is 0 Å². The number of carboxylic acids is 1. The van der Waals surface area contributed by atoms with Crippen LogP contribution in [0.1, 0.15) is 28.4 Å². The number of anilines is 1. The third-order valence-corrected chi connectivity index (χ3v) is 3.45. The van der Waals surface area contributed by atoms with Crippen LogP contribution in [0.4, 0.5) is 5.69 Å². The van der Waals surface area contributed by atoms with Gasteiger partial charge in [-0.2, -0.15) is 0 Å². The molecule has 2 aromatic carbocycles. The van der Waals surface area contributed by atoms with Gasteiger partial charge >= 0.3 is 5.97 Å². The predicted molar refractivity (Wildman–Crippen MR) is 81.3 cm³/mol. The quantitative estimate of drug-likeness (QED) is 0.899. The lowest BCUT2D eigenvalue weighted by molar-refractivity contribution is 0.0697. The first-order valence-corrected chi connectivity index (χ1v) is 6.74. The fourth-order valence-electron chi connectivity index (χ4n) is 2.24. The highest BCUT2D eigenvalue weighted by molar-refractivity contribution is 5.87. The standard InChI is InChI=1S/C17H19NO2/c1-3-18(16-7-5-4-6-8-16)12-15-10-9-14(17(19)20)11-13(15)2/h4-11H,3,12H2,1-2H3,(H,19,20). The molecule has 104 valence electrons. The van der Waals surface area contributed by atoms with Crippen LogP contribution >= 0.6 is 0 Å². The fourth-order valence-corrected chi connectivity index (χ4v) is 2.24. The molecule has 0 amide bonds. The van der Waals surface area contributed by atoms with Crippen LogP contribution in [0.25, 0.3) is 0 Å². The molecule has 2 aromatic rings. The van der Waals surface area contributed by atoms with E-state index in [0.717, 1.165) is 24.2 Å². The van der Waals surface area contributed by atoms with Crippen molar-refractivity contribution in [2.75, 3.05) is 11.4 Å². The summed E-state index contributed by atoms with van der Waals surface area (Å²) >= 11 is 0. The molecule has 1 N–H and O–H groups in total. The van der Waals surface area contributed by atoms with Crippen LogP contribution in [0.15, 0.2) is 48.5 Å².